The first-order valence-corrected chi connectivity index (χ1v) is 7.39. The predicted octanol–water partition coefficient (Wildman–Crippen LogP) is 3.48. The van der Waals surface area contributed by atoms with E-state index in [1.165, 1.54) is 5.56 Å². The van der Waals surface area contributed by atoms with Crippen LogP contribution < -0.4 is 5.73 Å². The Bertz CT molecular complexity index is 426. The predicted molar refractivity (Wildman–Crippen MR) is 80.7 cm³/mol. The van der Waals surface area contributed by atoms with E-state index in [1.807, 2.05) is 6.92 Å². The Morgan fingerprint density at radius 1 is 1.32 bits per heavy atom. The maximum absolute atomic E-state index is 11.0. The minimum absolute atomic E-state index is 0.163. The van der Waals surface area contributed by atoms with Crippen molar-refractivity contribution in [2.45, 2.75) is 55.7 Å². The van der Waals surface area contributed by atoms with Crippen LogP contribution in [0.25, 0.3) is 0 Å². The molecule has 0 amide bonds. The highest BCUT2D eigenvalue weighted by molar-refractivity contribution is 7.99. The molecule has 1 rings (SSSR count). The van der Waals surface area contributed by atoms with Crippen LogP contribution in [0.15, 0.2) is 29.2 Å². The van der Waals surface area contributed by atoms with Crippen molar-refractivity contribution in [3.63, 3.8) is 0 Å². The molecule has 106 valence electrons. The smallest absolute Gasteiger partial charge is 0.323 e. The van der Waals surface area contributed by atoms with Crippen LogP contribution in [0.5, 0.6) is 0 Å². The average Bonchev–Trinajstić information content (AvgIpc) is 2.28. The molecule has 4 heteroatoms. The molecule has 2 unspecified atom stereocenters. The van der Waals surface area contributed by atoms with Crippen LogP contribution in [0.4, 0.5) is 0 Å². The molecule has 0 aliphatic rings. The summed E-state index contributed by atoms with van der Waals surface area (Å²) < 4.78 is 0. The summed E-state index contributed by atoms with van der Waals surface area (Å²) in [6, 6.07) is 8.42. The first kappa shape index (κ1) is 16.1. The van der Waals surface area contributed by atoms with E-state index in [2.05, 4.69) is 38.1 Å². The normalized spacial score (nSPS) is 16.1. The molecule has 0 saturated heterocycles. The molecule has 0 radical (unpaired) electrons. The van der Waals surface area contributed by atoms with Crippen molar-refractivity contribution in [2.24, 2.45) is 5.73 Å². The Morgan fingerprint density at radius 2 is 1.84 bits per heavy atom. The fourth-order valence-electron chi connectivity index (χ4n) is 1.89. The molecule has 0 fully saturated rings. The molecule has 0 aliphatic carbocycles. The lowest BCUT2D eigenvalue weighted by molar-refractivity contribution is -0.142. The van der Waals surface area contributed by atoms with E-state index in [1.54, 1.807) is 18.7 Å². The third-order valence-electron chi connectivity index (χ3n) is 3.08. The van der Waals surface area contributed by atoms with Crippen molar-refractivity contribution in [1.82, 2.24) is 0 Å². The molecule has 0 heterocycles. The van der Waals surface area contributed by atoms with Crippen LogP contribution in [-0.2, 0) is 4.79 Å². The summed E-state index contributed by atoms with van der Waals surface area (Å²) in [6.07, 6.45) is 0.443. The number of carboxylic acid groups (broad SMARTS) is 1. The molecule has 0 aromatic heterocycles. The van der Waals surface area contributed by atoms with Crippen LogP contribution in [0.3, 0.4) is 0 Å². The van der Waals surface area contributed by atoms with Gasteiger partial charge in [0.15, 0.2) is 0 Å². The molecule has 3 N–H and O–H groups in total. The molecule has 0 saturated carbocycles. The third-order valence-corrected chi connectivity index (χ3v) is 4.20. The van der Waals surface area contributed by atoms with Gasteiger partial charge in [0.2, 0.25) is 0 Å². The standard InChI is InChI=1S/C15H23NO2S/c1-10(2)12-5-7-13(8-6-12)19-11(3)9-15(4,16)14(17)18/h5-8,10-11H,9,16H2,1-4H3,(H,17,18). The first-order chi connectivity index (χ1) is 8.72. The maximum Gasteiger partial charge on any atom is 0.323 e. The second-order valence-corrected chi connectivity index (χ2v) is 7.09. The highest BCUT2D eigenvalue weighted by Crippen LogP contribution is 2.29. The van der Waals surface area contributed by atoms with Gasteiger partial charge in [-0.1, -0.05) is 32.9 Å². The number of hydrogen-bond acceptors (Lipinski definition) is 3. The van der Waals surface area contributed by atoms with Gasteiger partial charge in [-0.05, 0) is 37.0 Å². The zero-order chi connectivity index (χ0) is 14.6. The SMILES string of the molecule is CC(CC(C)(N)C(=O)O)Sc1ccc(C(C)C)cc1. The van der Waals surface area contributed by atoms with Gasteiger partial charge < -0.3 is 10.8 Å². The molecule has 3 nitrogen and oxygen atoms in total. The van der Waals surface area contributed by atoms with Gasteiger partial charge in [0.1, 0.15) is 5.54 Å². The highest BCUT2D eigenvalue weighted by atomic mass is 32.2. The highest BCUT2D eigenvalue weighted by Gasteiger charge is 2.30. The van der Waals surface area contributed by atoms with Crippen LogP contribution in [0.2, 0.25) is 0 Å². The van der Waals surface area contributed by atoms with Gasteiger partial charge in [0.25, 0.3) is 0 Å². The molecule has 0 aliphatic heterocycles. The largest absolute Gasteiger partial charge is 0.480 e. The summed E-state index contributed by atoms with van der Waals surface area (Å²) in [4.78, 5) is 12.1. The zero-order valence-electron chi connectivity index (χ0n) is 12.0. The Labute approximate surface area is 119 Å². The number of hydrogen-bond donors (Lipinski definition) is 2. The van der Waals surface area contributed by atoms with Crippen molar-refractivity contribution in [1.29, 1.82) is 0 Å². The fourth-order valence-corrected chi connectivity index (χ4v) is 3.08. The zero-order valence-corrected chi connectivity index (χ0v) is 12.8. The molecule has 1 aromatic rings. The van der Waals surface area contributed by atoms with Gasteiger partial charge in [-0.15, -0.1) is 11.8 Å². The number of nitrogens with two attached hydrogens (primary N) is 1. The van der Waals surface area contributed by atoms with Crippen molar-refractivity contribution in [3.05, 3.63) is 29.8 Å². The molecule has 1 aromatic carbocycles. The van der Waals surface area contributed by atoms with Gasteiger partial charge in [0, 0.05) is 10.1 Å². The summed E-state index contributed by atoms with van der Waals surface area (Å²) in [5.41, 5.74) is 5.91. The van der Waals surface area contributed by atoms with Gasteiger partial charge >= 0.3 is 5.97 Å². The molecule has 19 heavy (non-hydrogen) atoms. The lowest BCUT2D eigenvalue weighted by Crippen LogP contribution is -2.46. The van der Waals surface area contributed by atoms with E-state index < -0.39 is 11.5 Å². The van der Waals surface area contributed by atoms with Gasteiger partial charge in [-0.25, -0.2) is 0 Å². The summed E-state index contributed by atoms with van der Waals surface area (Å²) in [5.74, 6) is -0.425. The van der Waals surface area contributed by atoms with Crippen molar-refractivity contribution < 1.29 is 9.90 Å². The molecule has 2 atom stereocenters. The topological polar surface area (TPSA) is 63.3 Å². The Hall–Kier alpha value is -1.00. The van der Waals surface area contributed by atoms with E-state index >= 15 is 0 Å². The van der Waals surface area contributed by atoms with Crippen LogP contribution in [-0.4, -0.2) is 21.9 Å². The monoisotopic (exact) mass is 281 g/mol. The summed E-state index contributed by atoms with van der Waals surface area (Å²) in [6.45, 7) is 7.90. The van der Waals surface area contributed by atoms with Crippen molar-refractivity contribution >= 4 is 17.7 Å². The number of thioether (sulfide) groups is 1. The Kier molecular flexibility index (Phi) is 5.44. The number of benzene rings is 1. The molecule has 0 spiro atoms. The Balaban J connectivity index is 2.62. The average molecular weight is 281 g/mol. The van der Waals surface area contributed by atoms with E-state index in [-0.39, 0.29) is 5.25 Å². The van der Waals surface area contributed by atoms with Crippen LogP contribution in [0, 0.1) is 0 Å². The summed E-state index contributed by atoms with van der Waals surface area (Å²) >= 11 is 1.66. The van der Waals surface area contributed by atoms with Crippen LogP contribution in [0.1, 0.15) is 45.6 Å². The van der Waals surface area contributed by atoms with E-state index in [0.29, 0.717) is 12.3 Å². The van der Waals surface area contributed by atoms with E-state index in [0.717, 1.165) is 4.90 Å². The lowest BCUT2D eigenvalue weighted by atomic mass is 9.98. The van der Waals surface area contributed by atoms with E-state index in [9.17, 15) is 4.79 Å². The van der Waals surface area contributed by atoms with Crippen molar-refractivity contribution in [3.8, 4) is 0 Å². The van der Waals surface area contributed by atoms with Gasteiger partial charge in [-0.2, -0.15) is 0 Å². The Morgan fingerprint density at radius 3 is 2.26 bits per heavy atom. The van der Waals surface area contributed by atoms with Gasteiger partial charge in [0.05, 0.1) is 0 Å². The van der Waals surface area contributed by atoms with Gasteiger partial charge in [-0.3, -0.25) is 4.79 Å². The summed E-state index contributed by atoms with van der Waals surface area (Å²) in [7, 11) is 0. The number of rotatable bonds is 6. The quantitative estimate of drug-likeness (QED) is 0.784. The number of aliphatic carboxylic acids is 1. The second-order valence-electron chi connectivity index (χ2n) is 5.58. The minimum atomic E-state index is -1.16. The van der Waals surface area contributed by atoms with Crippen molar-refractivity contribution in [2.75, 3.05) is 0 Å². The fraction of sp³-hybridized carbons (Fsp3) is 0.533. The molecular weight excluding hydrogens is 258 g/mol. The maximum atomic E-state index is 11.0. The van der Waals surface area contributed by atoms with Crippen LogP contribution >= 0.6 is 11.8 Å². The lowest BCUT2D eigenvalue weighted by Gasteiger charge is -2.23. The second kappa shape index (κ2) is 6.44. The first-order valence-electron chi connectivity index (χ1n) is 6.51. The number of carboxylic acids is 1. The third kappa shape index (κ3) is 4.88. The molecular formula is C15H23NO2S. The number of carbonyl (C=O) groups is 1. The van der Waals surface area contributed by atoms with E-state index in [4.69, 9.17) is 10.8 Å². The summed E-state index contributed by atoms with van der Waals surface area (Å²) in [5, 5.41) is 9.18. The molecule has 0 bridgehead atoms. The minimum Gasteiger partial charge on any atom is -0.480 e.